The number of hydrogen-bond donors (Lipinski definition) is 3. The minimum absolute atomic E-state index is 0.0586. The van der Waals surface area contributed by atoms with Crippen LogP contribution in [0.25, 0.3) is 0 Å². The molecule has 0 amide bonds. The SMILES string of the molecule is C=CCON[C@H]1CN[C@H](C(=O)O)c2ccccc21. The molecular weight excluding hydrogens is 232 g/mol. The van der Waals surface area contributed by atoms with E-state index in [2.05, 4.69) is 17.4 Å². The van der Waals surface area contributed by atoms with E-state index in [4.69, 9.17) is 9.94 Å². The van der Waals surface area contributed by atoms with E-state index in [9.17, 15) is 4.79 Å². The lowest BCUT2D eigenvalue weighted by Crippen LogP contribution is -2.42. The first-order valence-electron chi connectivity index (χ1n) is 5.77. The number of hydroxylamine groups is 1. The van der Waals surface area contributed by atoms with Crippen molar-refractivity contribution >= 4 is 5.97 Å². The van der Waals surface area contributed by atoms with E-state index in [1.807, 2.05) is 24.3 Å². The second-order valence-electron chi connectivity index (χ2n) is 4.08. The van der Waals surface area contributed by atoms with Crippen molar-refractivity contribution in [1.29, 1.82) is 0 Å². The van der Waals surface area contributed by atoms with Crippen LogP contribution in [-0.2, 0) is 9.63 Å². The van der Waals surface area contributed by atoms with Crippen LogP contribution in [-0.4, -0.2) is 24.2 Å². The average Bonchev–Trinajstić information content (AvgIpc) is 2.38. The van der Waals surface area contributed by atoms with Crippen LogP contribution < -0.4 is 10.8 Å². The highest BCUT2D eigenvalue weighted by Crippen LogP contribution is 2.28. The Morgan fingerprint density at radius 2 is 2.28 bits per heavy atom. The van der Waals surface area contributed by atoms with E-state index >= 15 is 0 Å². The third-order valence-corrected chi connectivity index (χ3v) is 2.88. The number of carbonyl (C=O) groups is 1. The van der Waals surface area contributed by atoms with E-state index in [0.717, 1.165) is 11.1 Å². The van der Waals surface area contributed by atoms with Gasteiger partial charge in [-0.2, -0.15) is 5.48 Å². The van der Waals surface area contributed by atoms with E-state index in [-0.39, 0.29) is 6.04 Å². The van der Waals surface area contributed by atoms with Crippen molar-refractivity contribution in [3.05, 3.63) is 48.0 Å². The minimum Gasteiger partial charge on any atom is -0.480 e. The van der Waals surface area contributed by atoms with Crippen molar-refractivity contribution in [2.75, 3.05) is 13.2 Å². The summed E-state index contributed by atoms with van der Waals surface area (Å²) < 4.78 is 0. The van der Waals surface area contributed by atoms with Crippen molar-refractivity contribution in [2.45, 2.75) is 12.1 Å². The average molecular weight is 248 g/mol. The Morgan fingerprint density at radius 3 is 2.94 bits per heavy atom. The van der Waals surface area contributed by atoms with E-state index in [1.165, 1.54) is 0 Å². The number of rotatable bonds is 5. The van der Waals surface area contributed by atoms with Gasteiger partial charge < -0.3 is 5.11 Å². The molecule has 0 radical (unpaired) electrons. The standard InChI is InChI=1S/C13H16N2O3/c1-2-7-18-15-11-8-14-12(13(16)17)10-6-4-3-5-9(10)11/h2-6,11-12,14-15H,1,7-8H2,(H,16,17)/t11-,12-/m0/s1. The number of hydrogen-bond acceptors (Lipinski definition) is 4. The van der Waals surface area contributed by atoms with Crippen molar-refractivity contribution < 1.29 is 14.7 Å². The van der Waals surface area contributed by atoms with Crippen molar-refractivity contribution in [3.63, 3.8) is 0 Å². The molecule has 0 aromatic heterocycles. The van der Waals surface area contributed by atoms with Crippen LogP contribution >= 0.6 is 0 Å². The molecule has 0 aliphatic carbocycles. The zero-order valence-corrected chi connectivity index (χ0v) is 9.93. The Kier molecular flexibility index (Phi) is 4.09. The molecule has 1 aromatic rings. The second kappa shape index (κ2) is 5.77. The Balaban J connectivity index is 2.19. The zero-order chi connectivity index (χ0) is 13.0. The number of aliphatic carboxylic acids is 1. The molecule has 96 valence electrons. The highest BCUT2D eigenvalue weighted by molar-refractivity contribution is 5.76. The molecule has 5 heteroatoms. The normalized spacial score (nSPS) is 22.2. The number of benzene rings is 1. The van der Waals surface area contributed by atoms with Gasteiger partial charge in [-0.1, -0.05) is 30.3 Å². The highest BCUT2D eigenvalue weighted by atomic mass is 16.6. The number of nitrogens with one attached hydrogen (secondary N) is 2. The van der Waals surface area contributed by atoms with Gasteiger partial charge in [0.25, 0.3) is 0 Å². The van der Waals surface area contributed by atoms with Gasteiger partial charge in [-0.05, 0) is 11.1 Å². The summed E-state index contributed by atoms with van der Waals surface area (Å²) >= 11 is 0. The fraction of sp³-hybridized carbons (Fsp3) is 0.308. The van der Waals surface area contributed by atoms with Crippen LogP contribution in [0.15, 0.2) is 36.9 Å². The molecule has 18 heavy (non-hydrogen) atoms. The molecule has 0 unspecified atom stereocenters. The molecular formula is C13H16N2O3. The van der Waals surface area contributed by atoms with Gasteiger partial charge in [0.05, 0.1) is 12.6 Å². The van der Waals surface area contributed by atoms with Crippen molar-refractivity contribution in [3.8, 4) is 0 Å². The zero-order valence-electron chi connectivity index (χ0n) is 9.93. The largest absolute Gasteiger partial charge is 0.480 e. The topological polar surface area (TPSA) is 70.6 Å². The Hall–Kier alpha value is -1.69. The molecule has 1 aliphatic rings. The molecule has 0 saturated heterocycles. The van der Waals surface area contributed by atoms with Gasteiger partial charge in [-0.25, -0.2) is 0 Å². The molecule has 0 bridgehead atoms. The molecule has 2 rings (SSSR count). The Bertz CT molecular complexity index is 448. The fourth-order valence-corrected chi connectivity index (χ4v) is 2.08. The van der Waals surface area contributed by atoms with E-state index in [0.29, 0.717) is 13.2 Å². The maximum Gasteiger partial charge on any atom is 0.325 e. The third-order valence-electron chi connectivity index (χ3n) is 2.88. The van der Waals surface area contributed by atoms with Crippen molar-refractivity contribution in [1.82, 2.24) is 10.8 Å². The summed E-state index contributed by atoms with van der Waals surface area (Å²) in [6, 6.07) is 6.76. The summed E-state index contributed by atoms with van der Waals surface area (Å²) in [6.45, 7) is 4.47. The van der Waals surface area contributed by atoms with Gasteiger partial charge in [0.2, 0.25) is 0 Å². The van der Waals surface area contributed by atoms with Gasteiger partial charge in [-0.3, -0.25) is 14.9 Å². The minimum atomic E-state index is -0.868. The summed E-state index contributed by atoms with van der Waals surface area (Å²) in [5.74, 6) is -0.868. The number of carboxylic acid groups (broad SMARTS) is 1. The van der Waals surface area contributed by atoms with Crippen LogP contribution in [0.5, 0.6) is 0 Å². The van der Waals surface area contributed by atoms with Crippen LogP contribution in [0.4, 0.5) is 0 Å². The molecule has 0 fully saturated rings. The Labute approximate surface area is 105 Å². The summed E-state index contributed by atoms with van der Waals surface area (Å²) in [4.78, 5) is 16.4. The van der Waals surface area contributed by atoms with Crippen LogP contribution in [0.1, 0.15) is 23.2 Å². The van der Waals surface area contributed by atoms with Gasteiger partial charge >= 0.3 is 5.97 Å². The second-order valence-corrected chi connectivity index (χ2v) is 4.08. The van der Waals surface area contributed by atoms with E-state index in [1.54, 1.807) is 6.08 Å². The quantitative estimate of drug-likeness (QED) is 0.414. The van der Waals surface area contributed by atoms with Gasteiger partial charge in [-0.15, -0.1) is 6.58 Å². The van der Waals surface area contributed by atoms with Crippen LogP contribution in [0.2, 0.25) is 0 Å². The number of fused-ring (bicyclic) bond motifs is 1. The molecule has 1 aromatic carbocycles. The first-order chi connectivity index (χ1) is 8.74. The molecule has 1 aliphatic heterocycles. The predicted octanol–water partition coefficient (Wildman–Crippen LogP) is 1.16. The van der Waals surface area contributed by atoms with Gasteiger partial charge in [0.15, 0.2) is 0 Å². The first kappa shape index (κ1) is 12.8. The summed E-state index contributed by atoms with van der Waals surface area (Å²) in [7, 11) is 0. The molecule has 3 N–H and O–H groups in total. The molecule has 2 atom stereocenters. The van der Waals surface area contributed by atoms with E-state index < -0.39 is 12.0 Å². The van der Waals surface area contributed by atoms with Gasteiger partial charge in [0.1, 0.15) is 6.04 Å². The molecule has 5 nitrogen and oxygen atoms in total. The predicted molar refractivity (Wildman–Crippen MR) is 66.8 cm³/mol. The first-order valence-corrected chi connectivity index (χ1v) is 5.77. The summed E-state index contributed by atoms with van der Waals surface area (Å²) in [5.41, 5.74) is 4.64. The molecule has 0 saturated carbocycles. The smallest absolute Gasteiger partial charge is 0.325 e. The number of carboxylic acids is 1. The molecule has 0 spiro atoms. The molecule has 1 heterocycles. The summed E-state index contributed by atoms with van der Waals surface area (Å²) in [6.07, 6.45) is 1.65. The van der Waals surface area contributed by atoms with Gasteiger partial charge in [0, 0.05) is 6.54 Å². The van der Waals surface area contributed by atoms with Crippen LogP contribution in [0, 0.1) is 0 Å². The van der Waals surface area contributed by atoms with Crippen molar-refractivity contribution in [2.24, 2.45) is 0 Å². The lowest BCUT2D eigenvalue weighted by atomic mass is 9.91. The van der Waals surface area contributed by atoms with Crippen LogP contribution in [0.3, 0.4) is 0 Å². The summed E-state index contributed by atoms with van der Waals surface area (Å²) in [5, 5.41) is 12.1. The highest BCUT2D eigenvalue weighted by Gasteiger charge is 2.30. The maximum absolute atomic E-state index is 11.2. The maximum atomic E-state index is 11.2. The third kappa shape index (κ3) is 2.59. The lowest BCUT2D eigenvalue weighted by molar-refractivity contribution is -0.140. The fourth-order valence-electron chi connectivity index (χ4n) is 2.08. The monoisotopic (exact) mass is 248 g/mol. The Morgan fingerprint density at radius 1 is 1.56 bits per heavy atom. The lowest BCUT2D eigenvalue weighted by Gasteiger charge is -2.30.